The molecule has 0 amide bonds. The number of hydrogen-bond donors (Lipinski definition) is 0. The summed E-state index contributed by atoms with van der Waals surface area (Å²) in [4.78, 5) is 3.09. The van der Waals surface area contributed by atoms with Gasteiger partial charge in [0.1, 0.15) is 0 Å². The first-order valence-electron chi connectivity index (χ1n) is 23.9. The van der Waals surface area contributed by atoms with E-state index in [1.54, 1.807) is 49.7 Å². The second-order valence-electron chi connectivity index (χ2n) is 24.6. The Bertz CT molecular complexity index is 2080. The Hall–Kier alpha value is -1.38. The molecule has 13 saturated carbocycles. The summed E-state index contributed by atoms with van der Waals surface area (Å²) in [6.07, 6.45) is 13.0. The molecule has 14 fully saturated rings. The number of methoxy groups -OCH3 is 1. The minimum absolute atomic E-state index is 0.503. The molecule has 16 aliphatic carbocycles. The number of fused-ring (bicyclic) bond motifs is 1. The van der Waals surface area contributed by atoms with Gasteiger partial charge in [-0.05, 0) is 217 Å². The van der Waals surface area contributed by atoms with Crippen LogP contribution in [0.25, 0.3) is 0 Å². The SMILES string of the molecule is COCCN1CC23CC4CC5CC6CC7CC8CC9CC%10=C%11C%12C(=C(C%10)C2C1c1ccccc1C)C1C2C%12C%10C(C%119)C8C8C7C6C6C5C(C2C6C8%10)C4C13. The molecule has 28 atom stereocenters. The fraction of sp³-hybridized carbons (Fsp3) is 0.804. The minimum atomic E-state index is 0.503. The Morgan fingerprint density at radius 1 is 0.660 bits per heavy atom. The Labute approximate surface area is 316 Å². The monoisotopic (exact) mass is 701 g/mol. The zero-order chi connectivity index (χ0) is 33.4. The molecule has 0 N–H and O–H groups in total. The van der Waals surface area contributed by atoms with Crippen LogP contribution in [0.4, 0.5) is 0 Å². The van der Waals surface area contributed by atoms with Crippen molar-refractivity contribution in [2.45, 2.75) is 64.3 Å². The molecule has 17 aliphatic rings. The number of likely N-dealkylation sites (tertiary alicyclic amines) is 1. The number of rotatable bonds is 4. The topological polar surface area (TPSA) is 12.5 Å². The van der Waals surface area contributed by atoms with Crippen molar-refractivity contribution in [1.29, 1.82) is 0 Å². The van der Waals surface area contributed by atoms with Gasteiger partial charge in [-0.25, -0.2) is 0 Å². The lowest BCUT2D eigenvalue weighted by molar-refractivity contribution is -0.146. The summed E-state index contributed by atoms with van der Waals surface area (Å²) in [5.74, 6) is 28.5. The van der Waals surface area contributed by atoms with Crippen molar-refractivity contribution in [3.8, 4) is 0 Å². The van der Waals surface area contributed by atoms with Crippen LogP contribution in [-0.4, -0.2) is 31.7 Å². The molecule has 28 unspecified atom stereocenters. The maximum atomic E-state index is 5.99. The Morgan fingerprint density at radius 3 is 2.06 bits per heavy atom. The zero-order valence-corrected chi connectivity index (χ0v) is 32.0. The van der Waals surface area contributed by atoms with E-state index in [2.05, 4.69) is 58.4 Å². The highest BCUT2D eigenvalue weighted by Crippen LogP contribution is 2.93. The molecule has 1 spiro atoms. The highest BCUT2D eigenvalue weighted by Gasteiger charge is 2.88. The maximum Gasteiger partial charge on any atom is 0.0589 e. The number of benzene rings is 1. The molecule has 18 rings (SSSR count). The standard InChI is InChI=1S/C51H59NO/c1-18-5-3-4-6-26(18)50-48-27-15-24-13-21-11-22-10-19-9-20-12-23-14-25-16-51(48,17-52(50)7-8-53-2)49-34(25)39-33(23)38-29(20)28(19)36-32(22)37-30(21)31(24)40-35(27)47(49)46-44(39)42(38)41(36)43(37)45(40)46/h3-6,19-23,25,28-30,32-34,36-50H,7-17H2,1-2H3. The van der Waals surface area contributed by atoms with Gasteiger partial charge in [0.2, 0.25) is 0 Å². The summed E-state index contributed by atoms with van der Waals surface area (Å²) in [7, 11) is 1.97. The molecule has 0 aromatic heterocycles. The molecule has 0 radical (unpaired) electrons. The summed E-state index contributed by atoms with van der Waals surface area (Å²) in [5.41, 5.74) is 12.5. The van der Waals surface area contributed by atoms with Crippen LogP contribution >= 0.6 is 0 Å². The highest BCUT2D eigenvalue weighted by atomic mass is 16.5. The van der Waals surface area contributed by atoms with Crippen molar-refractivity contribution in [3.05, 3.63) is 57.7 Å². The lowest BCUT2D eigenvalue weighted by atomic mass is 9.42. The fourth-order valence-corrected chi connectivity index (χ4v) is 26.2. The van der Waals surface area contributed by atoms with E-state index in [4.69, 9.17) is 4.74 Å². The normalized spacial score (nSPS) is 68.5. The van der Waals surface area contributed by atoms with E-state index in [-0.39, 0.29) is 0 Å². The van der Waals surface area contributed by atoms with Crippen LogP contribution in [0.2, 0.25) is 0 Å². The van der Waals surface area contributed by atoms with Gasteiger partial charge in [0.15, 0.2) is 0 Å². The van der Waals surface area contributed by atoms with Crippen molar-refractivity contribution in [2.24, 2.45) is 159 Å². The van der Waals surface area contributed by atoms with Crippen LogP contribution < -0.4 is 0 Å². The van der Waals surface area contributed by atoms with Gasteiger partial charge in [0.05, 0.1) is 6.61 Å². The van der Waals surface area contributed by atoms with Gasteiger partial charge >= 0.3 is 0 Å². The van der Waals surface area contributed by atoms with E-state index in [1.807, 2.05) is 7.11 Å². The van der Waals surface area contributed by atoms with Crippen LogP contribution in [-0.2, 0) is 4.74 Å². The first-order chi connectivity index (χ1) is 26.2. The van der Waals surface area contributed by atoms with Crippen LogP contribution in [0.3, 0.4) is 0 Å². The third-order valence-corrected chi connectivity index (χ3v) is 24.9. The van der Waals surface area contributed by atoms with E-state index in [0.717, 1.165) is 132 Å². The largest absolute Gasteiger partial charge is 0.383 e. The van der Waals surface area contributed by atoms with Crippen molar-refractivity contribution < 1.29 is 4.74 Å². The summed E-state index contributed by atoms with van der Waals surface area (Å²) in [6.45, 7) is 5.87. The quantitative estimate of drug-likeness (QED) is 0.291. The van der Waals surface area contributed by atoms with Crippen LogP contribution in [0.1, 0.15) is 68.5 Å². The molecule has 274 valence electrons. The summed E-state index contributed by atoms with van der Waals surface area (Å²) < 4.78 is 5.99. The molecule has 1 aromatic carbocycles. The fourth-order valence-electron chi connectivity index (χ4n) is 26.2. The number of allylic oxidation sites excluding steroid dienone is 3. The van der Waals surface area contributed by atoms with Crippen molar-refractivity contribution in [2.75, 3.05) is 26.8 Å². The van der Waals surface area contributed by atoms with E-state index >= 15 is 0 Å². The van der Waals surface area contributed by atoms with Crippen LogP contribution in [0.15, 0.2) is 46.6 Å². The lowest BCUT2D eigenvalue weighted by Gasteiger charge is -2.62. The third kappa shape index (κ3) is 2.48. The van der Waals surface area contributed by atoms with Crippen LogP contribution in [0.5, 0.6) is 0 Å². The maximum absolute atomic E-state index is 5.99. The predicted molar refractivity (Wildman–Crippen MR) is 202 cm³/mol. The highest BCUT2D eigenvalue weighted by molar-refractivity contribution is 5.56. The van der Waals surface area contributed by atoms with E-state index in [1.165, 1.54) is 54.9 Å². The molecule has 1 aliphatic heterocycles. The Balaban J connectivity index is 0.961. The molecule has 1 heterocycles. The molecule has 1 saturated heterocycles. The molecular formula is C51H59NO. The summed E-state index contributed by atoms with van der Waals surface area (Å²) in [6, 6.07) is 10.4. The van der Waals surface area contributed by atoms with Gasteiger partial charge in [-0.15, -0.1) is 0 Å². The van der Waals surface area contributed by atoms with Gasteiger partial charge in [-0.2, -0.15) is 0 Å². The van der Waals surface area contributed by atoms with Gasteiger partial charge in [-0.1, -0.05) is 46.6 Å². The zero-order valence-electron chi connectivity index (χ0n) is 32.0. The second-order valence-corrected chi connectivity index (χ2v) is 24.6. The third-order valence-electron chi connectivity index (χ3n) is 24.9. The first kappa shape index (κ1) is 28.1. The molecule has 1 aromatic rings. The number of nitrogens with zero attached hydrogens (tertiary/aromatic N) is 1. The van der Waals surface area contributed by atoms with Gasteiger partial charge in [0.25, 0.3) is 0 Å². The number of hydrogen-bond acceptors (Lipinski definition) is 2. The summed E-state index contributed by atoms with van der Waals surface area (Å²) in [5, 5.41) is 0. The van der Waals surface area contributed by atoms with Gasteiger partial charge in [-0.3, -0.25) is 4.90 Å². The Morgan fingerprint density at radius 2 is 1.28 bits per heavy atom. The molecule has 0 bridgehead atoms. The number of ether oxygens (including phenoxy) is 1. The van der Waals surface area contributed by atoms with E-state index in [0.29, 0.717) is 11.5 Å². The minimum Gasteiger partial charge on any atom is -0.383 e. The van der Waals surface area contributed by atoms with Crippen molar-refractivity contribution >= 4 is 0 Å². The van der Waals surface area contributed by atoms with Crippen LogP contribution in [0, 0.1) is 166 Å². The molecule has 53 heavy (non-hydrogen) atoms. The average molecular weight is 702 g/mol. The average Bonchev–Trinajstić information content (AvgIpc) is 4.01. The Kier molecular flexibility index (Phi) is 4.39. The number of aryl methyl sites for hydroxylation is 1. The van der Waals surface area contributed by atoms with Crippen molar-refractivity contribution in [3.63, 3.8) is 0 Å². The molecule has 2 heteroatoms. The summed E-state index contributed by atoms with van der Waals surface area (Å²) >= 11 is 0. The van der Waals surface area contributed by atoms with Crippen molar-refractivity contribution in [1.82, 2.24) is 4.90 Å². The van der Waals surface area contributed by atoms with Gasteiger partial charge < -0.3 is 4.74 Å². The smallest absolute Gasteiger partial charge is 0.0589 e. The predicted octanol–water partition coefficient (Wildman–Crippen LogP) is 8.94. The van der Waals surface area contributed by atoms with E-state index in [9.17, 15) is 0 Å². The van der Waals surface area contributed by atoms with Gasteiger partial charge in [0, 0.05) is 38.1 Å². The van der Waals surface area contributed by atoms with E-state index < -0.39 is 0 Å². The lowest BCUT2D eigenvalue weighted by Crippen LogP contribution is -2.59. The molecular weight excluding hydrogens is 643 g/mol. The second kappa shape index (κ2) is 8.29. The first-order valence-corrected chi connectivity index (χ1v) is 23.9. The molecule has 2 nitrogen and oxygen atoms in total.